The third kappa shape index (κ3) is 2.11. The summed E-state index contributed by atoms with van der Waals surface area (Å²) in [7, 11) is 0. The Balaban J connectivity index is 1.84. The van der Waals surface area contributed by atoms with Gasteiger partial charge in [0, 0.05) is 12.6 Å². The predicted molar refractivity (Wildman–Crippen MR) is 79.0 cm³/mol. The zero-order valence-corrected chi connectivity index (χ0v) is 11.8. The molecule has 106 valence electrons. The van der Waals surface area contributed by atoms with Crippen molar-refractivity contribution >= 4 is 22.7 Å². The number of oxazole rings is 1. The van der Waals surface area contributed by atoms with Gasteiger partial charge in [0.05, 0.1) is 5.02 Å². The summed E-state index contributed by atoms with van der Waals surface area (Å²) in [5.41, 5.74) is 3.42. The molecule has 1 aromatic heterocycles. The third-order valence-electron chi connectivity index (χ3n) is 3.80. The molecule has 0 aliphatic carbocycles. The number of benzene rings is 2. The molecule has 0 amide bonds. The molecule has 1 N–H and O–H groups in total. The molecule has 1 aliphatic heterocycles. The van der Waals surface area contributed by atoms with Crippen LogP contribution in [-0.2, 0) is 6.42 Å². The Morgan fingerprint density at radius 2 is 2.14 bits per heavy atom. The predicted octanol–water partition coefficient (Wildman–Crippen LogP) is 3.86. The monoisotopic (exact) mass is 302 g/mol. The summed E-state index contributed by atoms with van der Waals surface area (Å²) in [6, 6.07) is 10.9. The van der Waals surface area contributed by atoms with Gasteiger partial charge in [-0.25, -0.2) is 9.37 Å². The lowest BCUT2D eigenvalue weighted by molar-refractivity contribution is 0.439. The normalized spacial score (nSPS) is 17.9. The lowest BCUT2D eigenvalue weighted by atomic mass is 9.94. The average molecular weight is 303 g/mol. The summed E-state index contributed by atoms with van der Waals surface area (Å²) in [6.07, 6.45) is 0.980. The van der Waals surface area contributed by atoms with Gasteiger partial charge in [-0.05, 0) is 23.6 Å². The molecule has 5 heteroatoms. The highest BCUT2D eigenvalue weighted by molar-refractivity contribution is 6.31. The van der Waals surface area contributed by atoms with Crippen molar-refractivity contribution in [3.63, 3.8) is 0 Å². The van der Waals surface area contributed by atoms with Crippen molar-refractivity contribution < 1.29 is 8.81 Å². The van der Waals surface area contributed by atoms with Gasteiger partial charge in [0.2, 0.25) is 5.89 Å². The molecule has 1 unspecified atom stereocenters. The summed E-state index contributed by atoms with van der Waals surface area (Å²) < 4.78 is 19.2. The van der Waals surface area contributed by atoms with E-state index in [4.69, 9.17) is 16.0 Å². The Hall–Kier alpha value is -1.91. The number of fused-ring (bicyclic) bond motifs is 2. The maximum absolute atomic E-state index is 13.5. The van der Waals surface area contributed by atoms with E-state index in [0.717, 1.165) is 18.5 Å². The van der Waals surface area contributed by atoms with Gasteiger partial charge in [0.1, 0.15) is 17.4 Å². The second kappa shape index (κ2) is 4.83. The minimum Gasteiger partial charge on any atom is -0.438 e. The molecule has 0 saturated heterocycles. The number of halogens is 2. The molecule has 1 aliphatic rings. The van der Waals surface area contributed by atoms with Crippen molar-refractivity contribution in [3.05, 3.63) is 64.3 Å². The fraction of sp³-hybridized carbons (Fsp3) is 0.188. The van der Waals surface area contributed by atoms with Crippen LogP contribution in [0.15, 0.2) is 40.8 Å². The van der Waals surface area contributed by atoms with Gasteiger partial charge in [-0.1, -0.05) is 35.9 Å². The van der Waals surface area contributed by atoms with Crippen molar-refractivity contribution in [1.82, 2.24) is 10.3 Å². The SMILES string of the molecule is Fc1cc2oc(C3NCCc4ccccc43)nc2cc1Cl. The fourth-order valence-electron chi connectivity index (χ4n) is 2.79. The Kier molecular flexibility index (Phi) is 2.94. The minimum absolute atomic E-state index is 0.0550. The lowest BCUT2D eigenvalue weighted by Gasteiger charge is -2.24. The summed E-state index contributed by atoms with van der Waals surface area (Å²) in [5.74, 6) is 0.0442. The number of rotatable bonds is 1. The second-order valence-electron chi connectivity index (χ2n) is 5.12. The lowest BCUT2D eigenvalue weighted by Crippen LogP contribution is -2.30. The maximum atomic E-state index is 13.5. The van der Waals surface area contributed by atoms with Crippen molar-refractivity contribution in [1.29, 1.82) is 0 Å². The Morgan fingerprint density at radius 1 is 1.29 bits per heavy atom. The van der Waals surface area contributed by atoms with E-state index in [9.17, 15) is 4.39 Å². The second-order valence-corrected chi connectivity index (χ2v) is 5.53. The van der Waals surface area contributed by atoms with Gasteiger partial charge in [-0.2, -0.15) is 0 Å². The van der Waals surface area contributed by atoms with Crippen molar-refractivity contribution in [2.24, 2.45) is 0 Å². The van der Waals surface area contributed by atoms with Crippen LogP contribution in [0.5, 0.6) is 0 Å². The van der Waals surface area contributed by atoms with Crippen molar-refractivity contribution in [3.8, 4) is 0 Å². The largest absolute Gasteiger partial charge is 0.438 e. The molecule has 2 heterocycles. The van der Waals surface area contributed by atoms with Gasteiger partial charge < -0.3 is 9.73 Å². The smallest absolute Gasteiger partial charge is 0.217 e. The highest BCUT2D eigenvalue weighted by Crippen LogP contribution is 2.31. The standard InChI is InChI=1S/C16H12ClFN2O/c17-11-7-13-14(8-12(11)18)21-16(20-13)15-10-4-2-1-3-9(10)5-6-19-15/h1-4,7-8,15,19H,5-6H2. The quantitative estimate of drug-likeness (QED) is 0.742. The fourth-order valence-corrected chi connectivity index (χ4v) is 2.95. The molecular formula is C16H12ClFN2O. The molecule has 0 radical (unpaired) electrons. The van der Waals surface area contributed by atoms with Crippen molar-refractivity contribution in [2.45, 2.75) is 12.5 Å². The molecule has 4 rings (SSSR count). The van der Waals surface area contributed by atoms with E-state index in [0.29, 0.717) is 17.0 Å². The molecule has 0 bridgehead atoms. The zero-order chi connectivity index (χ0) is 14.4. The minimum atomic E-state index is -0.496. The molecular weight excluding hydrogens is 291 g/mol. The first-order chi connectivity index (χ1) is 10.2. The number of aromatic nitrogens is 1. The highest BCUT2D eigenvalue weighted by atomic mass is 35.5. The first-order valence-corrected chi connectivity index (χ1v) is 7.17. The van der Waals surface area contributed by atoms with Crippen LogP contribution in [0.3, 0.4) is 0 Å². The van der Waals surface area contributed by atoms with Crippen molar-refractivity contribution in [2.75, 3.05) is 6.54 Å². The summed E-state index contributed by atoms with van der Waals surface area (Å²) in [6.45, 7) is 0.857. The van der Waals surface area contributed by atoms with Crippen LogP contribution < -0.4 is 5.32 Å². The number of nitrogens with zero attached hydrogens (tertiary/aromatic N) is 1. The third-order valence-corrected chi connectivity index (χ3v) is 4.09. The summed E-state index contributed by atoms with van der Waals surface area (Å²) in [4.78, 5) is 4.46. The van der Waals surface area contributed by atoms with E-state index in [-0.39, 0.29) is 11.1 Å². The van der Waals surface area contributed by atoms with E-state index < -0.39 is 5.82 Å². The van der Waals surface area contributed by atoms with Crippen LogP contribution >= 0.6 is 11.6 Å². The topological polar surface area (TPSA) is 38.1 Å². The molecule has 3 aromatic rings. The Morgan fingerprint density at radius 3 is 3.05 bits per heavy atom. The van der Waals surface area contributed by atoms with Gasteiger partial charge >= 0.3 is 0 Å². The van der Waals surface area contributed by atoms with Crippen LogP contribution in [0.25, 0.3) is 11.1 Å². The molecule has 0 saturated carbocycles. The van der Waals surface area contributed by atoms with Gasteiger partial charge in [0.15, 0.2) is 5.58 Å². The number of hydrogen-bond acceptors (Lipinski definition) is 3. The van der Waals surface area contributed by atoms with E-state index >= 15 is 0 Å². The Labute approximate surface area is 125 Å². The van der Waals surface area contributed by atoms with E-state index in [1.165, 1.54) is 17.7 Å². The molecule has 2 aromatic carbocycles. The van der Waals surface area contributed by atoms with Gasteiger partial charge in [-0.15, -0.1) is 0 Å². The zero-order valence-electron chi connectivity index (χ0n) is 11.1. The first-order valence-electron chi connectivity index (χ1n) is 6.79. The summed E-state index contributed by atoms with van der Waals surface area (Å²) >= 11 is 5.79. The van der Waals surface area contributed by atoms with E-state index in [2.05, 4.69) is 22.4 Å². The first kappa shape index (κ1) is 12.8. The summed E-state index contributed by atoms with van der Waals surface area (Å²) in [5, 5.41) is 3.45. The van der Waals surface area contributed by atoms with Crippen LogP contribution in [0.4, 0.5) is 4.39 Å². The molecule has 0 fully saturated rings. The molecule has 0 spiro atoms. The molecule has 3 nitrogen and oxygen atoms in total. The highest BCUT2D eigenvalue weighted by Gasteiger charge is 2.25. The van der Waals surface area contributed by atoms with Crippen LogP contribution in [-0.4, -0.2) is 11.5 Å². The van der Waals surface area contributed by atoms with E-state index in [1.54, 1.807) is 0 Å². The van der Waals surface area contributed by atoms with Crippen LogP contribution in [0, 0.1) is 5.82 Å². The number of hydrogen-bond donors (Lipinski definition) is 1. The van der Waals surface area contributed by atoms with Crippen LogP contribution in [0.2, 0.25) is 5.02 Å². The Bertz CT molecular complexity index is 791. The maximum Gasteiger partial charge on any atom is 0.217 e. The van der Waals surface area contributed by atoms with Gasteiger partial charge in [-0.3, -0.25) is 0 Å². The van der Waals surface area contributed by atoms with Crippen LogP contribution in [0.1, 0.15) is 23.1 Å². The molecule has 1 atom stereocenters. The van der Waals surface area contributed by atoms with Gasteiger partial charge in [0.25, 0.3) is 0 Å². The average Bonchev–Trinajstić information content (AvgIpc) is 2.90. The molecule has 21 heavy (non-hydrogen) atoms. The van der Waals surface area contributed by atoms with E-state index in [1.807, 2.05) is 12.1 Å². The number of nitrogens with one attached hydrogen (secondary N) is 1.